The highest BCUT2D eigenvalue weighted by Crippen LogP contribution is 2.03. The van der Waals surface area contributed by atoms with Crippen molar-refractivity contribution in [3.8, 4) is 5.75 Å². The number of aromatic nitrogens is 4. The molecule has 124 valence electrons. The average Bonchev–Trinajstić information content (AvgIpc) is 2.97. The van der Waals surface area contributed by atoms with Gasteiger partial charge in [0.2, 0.25) is 5.43 Å². The number of amides is 1. The third kappa shape index (κ3) is 3.60. The van der Waals surface area contributed by atoms with Crippen LogP contribution in [0.1, 0.15) is 11.5 Å². The standard InChI is InChI=1S/C16H17N5O3/c1-11-8-12(22)13(9-18-11)24-10-16(23)17-6-5-15-20-19-14-4-2-3-7-21(14)15/h2-4,7-9H,5-6,10H2,1H3,(H,17,23)(H,18,22). The van der Waals surface area contributed by atoms with E-state index in [0.29, 0.717) is 13.0 Å². The minimum Gasteiger partial charge on any atom is -0.478 e. The first-order valence-corrected chi connectivity index (χ1v) is 7.51. The van der Waals surface area contributed by atoms with Gasteiger partial charge in [0.25, 0.3) is 5.91 Å². The van der Waals surface area contributed by atoms with Crippen molar-refractivity contribution in [2.75, 3.05) is 13.2 Å². The quantitative estimate of drug-likeness (QED) is 0.685. The third-order valence-corrected chi connectivity index (χ3v) is 3.44. The minimum absolute atomic E-state index is 0.124. The van der Waals surface area contributed by atoms with Crippen molar-refractivity contribution in [1.82, 2.24) is 24.9 Å². The predicted octanol–water partition coefficient (Wildman–Crippen LogP) is 0.464. The summed E-state index contributed by atoms with van der Waals surface area (Å²) >= 11 is 0. The lowest BCUT2D eigenvalue weighted by atomic mass is 10.3. The molecule has 0 saturated carbocycles. The highest BCUT2D eigenvalue weighted by atomic mass is 16.5. The van der Waals surface area contributed by atoms with Crippen LogP contribution in [-0.2, 0) is 11.2 Å². The first kappa shape index (κ1) is 15.7. The lowest BCUT2D eigenvalue weighted by Crippen LogP contribution is -2.31. The lowest BCUT2D eigenvalue weighted by Gasteiger charge is -2.07. The molecule has 3 aromatic rings. The van der Waals surface area contributed by atoms with E-state index in [1.54, 1.807) is 6.92 Å². The topological polar surface area (TPSA) is 101 Å². The number of aryl methyl sites for hydroxylation is 1. The van der Waals surface area contributed by atoms with Crippen LogP contribution in [-0.4, -0.2) is 38.6 Å². The number of carbonyl (C=O) groups is 1. The first-order valence-electron chi connectivity index (χ1n) is 7.51. The average molecular weight is 327 g/mol. The maximum atomic E-state index is 11.8. The Morgan fingerprint density at radius 3 is 3.08 bits per heavy atom. The van der Waals surface area contributed by atoms with Crippen LogP contribution in [0.25, 0.3) is 5.65 Å². The summed E-state index contributed by atoms with van der Waals surface area (Å²) in [4.78, 5) is 26.3. The minimum atomic E-state index is -0.302. The second-order valence-electron chi connectivity index (χ2n) is 5.28. The molecule has 3 heterocycles. The fraction of sp³-hybridized carbons (Fsp3) is 0.250. The van der Waals surface area contributed by atoms with E-state index in [9.17, 15) is 9.59 Å². The lowest BCUT2D eigenvalue weighted by molar-refractivity contribution is -0.123. The van der Waals surface area contributed by atoms with Gasteiger partial charge in [0.05, 0.1) is 0 Å². The molecule has 0 saturated heterocycles. The fourth-order valence-corrected chi connectivity index (χ4v) is 2.24. The molecular formula is C16H17N5O3. The highest BCUT2D eigenvalue weighted by Gasteiger charge is 2.08. The van der Waals surface area contributed by atoms with Crippen molar-refractivity contribution in [3.63, 3.8) is 0 Å². The van der Waals surface area contributed by atoms with Crippen molar-refractivity contribution in [3.05, 3.63) is 58.4 Å². The number of nitrogens with one attached hydrogen (secondary N) is 2. The molecule has 24 heavy (non-hydrogen) atoms. The Morgan fingerprint density at radius 1 is 1.38 bits per heavy atom. The Bertz CT molecular complexity index is 915. The zero-order chi connectivity index (χ0) is 16.9. The van der Waals surface area contributed by atoms with E-state index in [4.69, 9.17) is 4.74 Å². The monoisotopic (exact) mass is 327 g/mol. The van der Waals surface area contributed by atoms with Gasteiger partial charge in [-0.3, -0.25) is 14.0 Å². The van der Waals surface area contributed by atoms with Gasteiger partial charge in [0.15, 0.2) is 18.0 Å². The molecular weight excluding hydrogens is 310 g/mol. The molecule has 8 nitrogen and oxygen atoms in total. The molecule has 0 bridgehead atoms. The zero-order valence-corrected chi connectivity index (χ0v) is 13.2. The van der Waals surface area contributed by atoms with Crippen molar-refractivity contribution in [2.45, 2.75) is 13.3 Å². The van der Waals surface area contributed by atoms with Gasteiger partial charge in [-0.15, -0.1) is 10.2 Å². The van der Waals surface area contributed by atoms with Gasteiger partial charge in [0.1, 0.15) is 5.82 Å². The van der Waals surface area contributed by atoms with Gasteiger partial charge in [-0.25, -0.2) is 0 Å². The molecule has 3 aromatic heterocycles. The van der Waals surface area contributed by atoms with Gasteiger partial charge in [0, 0.05) is 37.1 Å². The molecule has 0 spiro atoms. The molecule has 0 radical (unpaired) electrons. The third-order valence-electron chi connectivity index (χ3n) is 3.44. The number of ether oxygens (including phenoxy) is 1. The fourth-order valence-electron chi connectivity index (χ4n) is 2.24. The molecule has 3 rings (SSSR count). The van der Waals surface area contributed by atoms with E-state index in [-0.39, 0.29) is 23.7 Å². The van der Waals surface area contributed by atoms with E-state index < -0.39 is 0 Å². The van der Waals surface area contributed by atoms with Crippen molar-refractivity contribution in [2.24, 2.45) is 0 Å². The molecule has 0 fully saturated rings. The number of rotatable bonds is 6. The summed E-state index contributed by atoms with van der Waals surface area (Å²) in [5.41, 5.74) is 1.24. The highest BCUT2D eigenvalue weighted by molar-refractivity contribution is 5.77. The molecule has 0 aliphatic heterocycles. The number of hydrogen-bond acceptors (Lipinski definition) is 5. The summed E-state index contributed by atoms with van der Waals surface area (Å²) in [6, 6.07) is 7.07. The van der Waals surface area contributed by atoms with Crippen LogP contribution >= 0.6 is 0 Å². The van der Waals surface area contributed by atoms with Gasteiger partial charge in [-0.05, 0) is 19.1 Å². The molecule has 0 aliphatic carbocycles. The molecule has 0 aromatic carbocycles. The summed E-state index contributed by atoms with van der Waals surface area (Å²) < 4.78 is 7.09. The summed E-state index contributed by atoms with van der Waals surface area (Å²) in [7, 11) is 0. The maximum absolute atomic E-state index is 11.8. The van der Waals surface area contributed by atoms with Crippen molar-refractivity contribution < 1.29 is 9.53 Å². The zero-order valence-electron chi connectivity index (χ0n) is 13.2. The normalized spacial score (nSPS) is 10.7. The number of carbonyl (C=O) groups excluding carboxylic acids is 1. The number of aromatic amines is 1. The summed E-state index contributed by atoms with van der Waals surface area (Å²) in [5.74, 6) is 0.588. The van der Waals surface area contributed by atoms with E-state index in [2.05, 4.69) is 20.5 Å². The number of H-pyrrole nitrogens is 1. The Kier molecular flexibility index (Phi) is 4.55. The summed E-state index contributed by atoms with van der Waals surface area (Å²) in [5, 5.41) is 10.9. The molecule has 0 aliphatic rings. The van der Waals surface area contributed by atoms with E-state index >= 15 is 0 Å². The van der Waals surface area contributed by atoms with Gasteiger partial charge < -0.3 is 15.0 Å². The summed E-state index contributed by atoms with van der Waals surface area (Å²) in [6.45, 7) is 1.96. The Hall–Kier alpha value is -3.16. The van der Waals surface area contributed by atoms with Crippen LogP contribution < -0.4 is 15.5 Å². The number of hydrogen-bond donors (Lipinski definition) is 2. The molecule has 0 unspecified atom stereocenters. The van der Waals surface area contributed by atoms with Crippen LogP contribution in [0.3, 0.4) is 0 Å². The van der Waals surface area contributed by atoms with Crippen LogP contribution in [0.4, 0.5) is 0 Å². The summed E-state index contributed by atoms with van der Waals surface area (Å²) in [6.07, 6.45) is 3.87. The Balaban J connectivity index is 1.48. The van der Waals surface area contributed by atoms with E-state index in [0.717, 1.165) is 17.2 Å². The van der Waals surface area contributed by atoms with Gasteiger partial charge in [-0.1, -0.05) is 6.07 Å². The SMILES string of the molecule is Cc1cc(=O)c(OCC(=O)NCCc2nnc3ccccn23)c[nH]1. The molecule has 1 amide bonds. The van der Waals surface area contributed by atoms with Crippen molar-refractivity contribution in [1.29, 1.82) is 0 Å². The van der Waals surface area contributed by atoms with Crippen molar-refractivity contribution >= 4 is 11.6 Å². The first-order chi connectivity index (χ1) is 11.6. The Labute approximate surface area is 137 Å². The molecule has 2 N–H and O–H groups in total. The number of fused-ring (bicyclic) bond motifs is 1. The van der Waals surface area contributed by atoms with Crippen LogP contribution in [0.5, 0.6) is 5.75 Å². The van der Waals surface area contributed by atoms with Crippen LogP contribution in [0.2, 0.25) is 0 Å². The van der Waals surface area contributed by atoms with E-state index in [1.165, 1.54) is 12.3 Å². The van der Waals surface area contributed by atoms with Crippen LogP contribution in [0, 0.1) is 6.92 Å². The van der Waals surface area contributed by atoms with E-state index in [1.807, 2.05) is 28.8 Å². The number of pyridine rings is 2. The molecule has 0 atom stereocenters. The largest absolute Gasteiger partial charge is 0.478 e. The smallest absolute Gasteiger partial charge is 0.257 e. The molecule has 8 heteroatoms. The second-order valence-corrected chi connectivity index (χ2v) is 5.28. The maximum Gasteiger partial charge on any atom is 0.257 e. The predicted molar refractivity (Wildman–Crippen MR) is 87.0 cm³/mol. The number of nitrogens with zero attached hydrogens (tertiary/aromatic N) is 3. The van der Waals surface area contributed by atoms with Gasteiger partial charge >= 0.3 is 0 Å². The Morgan fingerprint density at radius 2 is 2.25 bits per heavy atom. The second kappa shape index (κ2) is 6.95. The van der Waals surface area contributed by atoms with Crippen LogP contribution in [0.15, 0.2) is 41.5 Å². The van der Waals surface area contributed by atoms with Gasteiger partial charge in [-0.2, -0.15) is 0 Å².